The van der Waals surface area contributed by atoms with Crippen LogP contribution in [0.25, 0.3) is 0 Å². The summed E-state index contributed by atoms with van der Waals surface area (Å²) in [7, 11) is 1.61. The number of rotatable bonds is 8. The summed E-state index contributed by atoms with van der Waals surface area (Å²) >= 11 is 0. The van der Waals surface area contributed by atoms with Gasteiger partial charge < -0.3 is 20.1 Å². The zero-order chi connectivity index (χ0) is 20.5. The van der Waals surface area contributed by atoms with E-state index in [4.69, 9.17) is 14.7 Å². The van der Waals surface area contributed by atoms with Crippen LogP contribution in [0.2, 0.25) is 0 Å². The van der Waals surface area contributed by atoms with Gasteiger partial charge in [0, 0.05) is 11.8 Å². The molecular weight excluding hydrogens is 370 g/mol. The van der Waals surface area contributed by atoms with Gasteiger partial charge in [0.05, 0.1) is 25.3 Å². The summed E-state index contributed by atoms with van der Waals surface area (Å²) in [5.74, 6) is 1.62. The van der Waals surface area contributed by atoms with Gasteiger partial charge in [-0.3, -0.25) is 4.79 Å². The van der Waals surface area contributed by atoms with Gasteiger partial charge >= 0.3 is 0 Å². The second-order valence-corrected chi connectivity index (χ2v) is 5.89. The number of carbonyl (C=O) groups is 1. The number of aromatic nitrogens is 2. The molecule has 0 bridgehead atoms. The second-order valence-electron chi connectivity index (χ2n) is 5.89. The van der Waals surface area contributed by atoms with Crippen molar-refractivity contribution in [1.29, 1.82) is 5.26 Å². The van der Waals surface area contributed by atoms with E-state index in [1.54, 1.807) is 37.4 Å². The molecule has 2 aromatic carbocycles. The number of nitrogens with zero attached hydrogens (tertiary/aromatic N) is 3. The molecule has 2 N–H and O–H groups in total. The van der Waals surface area contributed by atoms with E-state index >= 15 is 0 Å². The van der Waals surface area contributed by atoms with Gasteiger partial charge in [0.1, 0.15) is 35.9 Å². The van der Waals surface area contributed by atoms with Crippen LogP contribution in [0, 0.1) is 11.3 Å². The number of methoxy groups -OCH3 is 1. The molecule has 0 fully saturated rings. The van der Waals surface area contributed by atoms with Gasteiger partial charge in [0.15, 0.2) is 0 Å². The Balaban J connectivity index is 1.52. The minimum absolute atomic E-state index is 0.209. The molecule has 0 spiro atoms. The summed E-state index contributed by atoms with van der Waals surface area (Å²) in [6.45, 7) is 0.910. The lowest BCUT2D eigenvalue weighted by molar-refractivity contribution is 0.102. The fourth-order valence-corrected chi connectivity index (χ4v) is 2.46. The predicted molar refractivity (Wildman–Crippen MR) is 108 cm³/mol. The summed E-state index contributed by atoms with van der Waals surface area (Å²) in [4.78, 5) is 20.5. The molecule has 0 atom stereocenters. The summed E-state index contributed by atoms with van der Waals surface area (Å²) in [5.41, 5.74) is 1.20. The maximum Gasteiger partial charge on any atom is 0.274 e. The lowest BCUT2D eigenvalue weighted by Gasteiger charge is -2.09. The topological polar surface area (TPSA) is 109 Å². The molecule has 29 heavy (non-hydrogen) atoms. The zero-order valence-electron chi connectivity index (χ0n) is 15.8. The molecule has 1 amide bonds. The third-order valence-corrected chi connectivity index (χ3v) is 3.89. The Hall–Kier alpha value is -4.12. The molecule has 0 unspecified atom stereocenters. The summed E-state index contributed by atoms with van der Waals surface area (Å²) in [6, 6.07) is 17.5. The first-order valence-corrected chi connectivity index (χ1v) is 8.82. The first-order chi connectivity index (χ1) is 14.2. The second kappa shape index (κ2) is 9.71. The Labute approximate surface area is 168 Å². The monoisotopic (exact) mass is 389 g/mol. The molecule has 0 aliphatic heterocycles. The normalized spacial score (nSPS) is 9.93. The van der Waals surface area contributed by atoms with Crippen molar-refractivity contribution in [2.45, 2.75) is 0 Å². The Morgan fingerprint density at radius 2 is 1.90 bits per heavy atom. The standard InChI is InChI=1S/C21H19N5O3/c1-28-17-5-7-18(8-6-17)29-10-9-23-20-12-19(24-14-25-20)21(27)26-16-4-2-3-15(11-16)13-22/h2-8,11-12,14H,9-10H2,1H3,(H,26,27)(H,23,24,25). The zero-order valence-corrected chi connectivity index (χ0v) is 15.8. The lowest BCUT2D eigenvalue weighted by Crippen LogP contribution is -2.16. The fourth-order valence-electron chi connectivity index (χ4n) is 2.46. The van der Waals surface area contributed by atoms with Crippen molar-refractivity contribution in [2.24, 2.45) is 0 Å². The minimum Gasteiger partial charge on any atom is -0.497 e. The average Bonchev–Trinajstić information content (AvgIpc) is 2.77. The summed E-state index contributed by atoms with van der Waals surface area (Å²) in [5, 5.41) is 14.7. The highest BCUT2D eigenvalue weighted by molar-refractivity contribution is 6.03. The Kier molecular flexibility index (Phi) is 6.58. The lowest BCUT2D eigenvalue weighted by atomic mass is 10.2. The number of nitrogens with one attached hydrogen (secondary N) is 2. The fraction of sp³-hybridized carbons (Fsp3) is 0.143. The van der Waals surface area contributed by atoms with Gasteiger partial charge in [-0.05, 0) is 42.5 Å². The summed E-state index contributed by atoms with van der Waals surface area (Å²) in [6.07, 6.45) is 1.31. The molecule has 3 rings (SSSR count). The molecule has 146 valence electrons. The van der Waals surface area contributed by atoms with Crippen LogP contribution in [-0.4, -0.2) is 36.1 Å². The quantitative estimate of drug-likeness (QED) is 0.570. The number of anilines is 2. The van der Waals surface area contributed by atoms with Crippen molar-refractivity contribution in [2.75, 3.05) is 30.9 Å². The van der Waals surface area contributed by atoms with Crippen LogP contribution in [0.5, 0.6) is 11.5 Å². The van der Waals surface area contributed by atoms with Gasteiger partial charge in [0.25, 0.3) is 5.91 Å². The van der Waals surface area contributed by atoms with E-state index in [0.717, 1.165) is 11.5 Å². The van der Waals surface area contributed by atoms with E-state index in [1.165, 1.54) is 6.33 Å². The smallest absolute Gasteiger partial charge is 0.274 e. The Morgan fingerprint density at radius 3 is 2.66 bits per heavy atom. The largest absolute Gasteiger partial charge is 0.497 e. The number of amides is 1. The first-order valence-electron chi connectivity index (χ1n) is 8.82. The van der Waals surface area contributed by atoms with Crippen LogP contribution >= 0.6 is 0 Å². The number of ether oxygens (including phenoxy) is 2. The number of hydrogen-bond donors (Lipinski definition) is 2. The third-order valence-electron chi connectivity index (χ3n) is 3.89. The number of hydrogen-bond acceptors (Lipinski definition) is 7. The Bertz CT molecular complexity index is 1020. The van der Waals surface area contributed by atoms with Crippen molar-refractivity contribution in [3.8, 4) is 17.6 Å². The number of benzene rings is 2. The average molecular weight is 389 g/mol. The van der Waals surface area contributed by atoms with Crippen molar-refractivity contribution < 1.29 is 14.3 Å². The van der Waals surface area contributed by atoms with Gasteiger partial charge in [-0.1, -0.05) is 6.07 Å². The van der Waals surface area contributed by atoms with Gasteiger partial charge in [-0.2, -0.15) is 5.26 Å². The SMILES string of the molecule is COc1ccc(OCCNc2cc(C(=O)Nc3cccc(C#N)c3)ncn2)cc1. The molecule has 3 aromatic rings. The van der Waals surface area contributed by atoms with Crippen molar-refractivity contribution in [3.05, 3.63) is 72.2 Å². The van der Waals surface area contributed by atoms with Gasteiger partial charge in [0.2, 0.25) is 0 Å². The summed E-state index contributed by atoms with van der Waals surface area (Å²) < 4.78 is 10.7. The highest BCUT2D eigenvalue weighted by atomic mass is 16.5. The third kappa shape index (κ3) is 5.68. The molecule has 8 heteroatoms. The molecule has 0 aliphatic rings. The maximum atomic E-state index is 12.4. The Morgan fingerprint density at radius 1 is 1.10 bits per heavy atom. The van der Waals surface area contributed by atoms with Crippen LogP contribution in [0.1, 0.15) is 16.1 Å². The van der Waals surface area contributed by atoms with Gasteiger partial charge in [-0.15, -0.1) is 0 Å². The molecular formula is C21H19N5O3. The van der Waals surface area contributed by atoms with E-state index in [9.17, 15) is 4.79 Å². The highest BCUT2D eigenvalue weighted by Crippen LogP contribution is 2.17. The van der Waals surface area contributed by atoms with E-state index < -0.39 is 0 Å². The van der Waals surface area contributed by atoms with Crippen LogP contribution in [0.3, 0.4) is 0 Å². The molecule has 8 nitrogen and oxygen atoms in total. The van der Waals surface area contributed by atoms with E-state index in [1.807, 2.05) is 30.3 Å². The highest BCUT2D eigenvalue weighted by Gasteiger charge is 2.09. The molecule has 1 heterocycles. The van der Waals surface area contributed by atoms with E-state index in [2.05, 4.69) is 20.6 Å². The van der Waals surface area contributed by atoms with Crippen molar-refractivity contribution in [3.63, 3.8) is 0 Å². The van der Waals surface area contributed by atoms with Crippen LogP contribution in [-0.2, 0) is 0 Å². The van der Waals surface area contributed by atoms with E-state index in [0.29, 0.717) is 30.2 Å². The van der Waals surface area contributed by atoms with Gasteiger partial charge in [-0.25, -0.2) is 9.97 Å². The van der Waals surface area contributed by atoms with Crippen LogP contribution in [0.4, 0.5) is 11.5 Å². The van der Waals surface area contributed by atoms with Crippen LogP contribution in [0.15, 0.2) is 60.9 Å². The van der Waals surface area contributed by atoms with E-state index in [-0.39, 0.29) is 11.6 Å². The molecule has 0 saturated carbocycles. The van der Waals surface area contributed by atoms with Crippen LogP contribution < -0.4 is 20.1 Å². The minimum atomic E-state index is -0.389. The maximum absolute atomic E-state index is 12.4. The molecule has 0 radical (unpaired) electrons. The molecule has 1 aromatic heterocycles. The predicted octanol–water partition coefficient (Wildman–Crippen LogP) is 3.10. The molecule has 0 saturated heterocycles. The van der Waals surface area contributed by atoms with Crippen molar-refractivity contribution >= 4 is 17.4 Å². The first kappa shape index (κ1) is 19.6. The number of nitriles is 1. The number of carbonyl (C=O) groups excluding carboxylic acids is 1. The molecule has 0 aliphatic carbocycles. The van der Waals surface area contributed by atoms with Crippen molar-refractivity contribution in [1.82, 2.24) is 9.97 Å².